The van der Waals surface area contributed by atoms with Gasteiger partial charge in [-0.2, -0.15) is 0 Å². The lowest BCUT2D eigenvalue weighted by atomic mass is 10.2. The average molecular weight is 343 g/mol. The van der Waals surface area contributed by atoms with Crippen molar-refractivity contribution >= 4 is 35.2 Å². The van der Waals surface area contributed by atoms with Gasteiger partial charge in [0.1, 0.15) is 0 Å². The predicted molar refractivity (Wildman–Crippen MR) is 92.3 cm³/mol. The topological polar surface area (TPSA) is 58.2 Å². The molecule has 4 nitrogen and oxygen atoms in total. The Morgan fingerprint density at radius 1 is 1.14 bits per heavy atom. The molecule has 0 unspecified atom stereocenters. The first kappa shape index (κ1) is 18.8. The van der Waals surface area contributed by atoms with Crippen LogP contribution in [0, 0.1) is 5.92 Å². The summed E-state index contributed by atoms with van der Waals surface area (Å²) in [6, 6.07) is 7.68. The van der Waals surface area contributed by atoms with Gasteiger partial charge in [0.25, 0.3) is 0 Å². The van der Waals surface area contributed by atoms with Gasteiger partial charge in [-0.25, -0.2) is 0 Å². The quantitative estimate of drug-likeness (QED) is 0.535. The summed E-state index contributed by atoms with van der Waals surface area (Å²) in [5.74, 6) is 0.892. The molecule has 0 spiro atoms. The first-order valence-corrected chi connectivity index (χ1v) is 8.78. The number of nitrogens with one attached hydrogen (secondary N) is 2. The van der Waals surface area contributed by atoms with Crippen molar-refractivity contribution in [1.82, 2.24) is 10.6 Å². The number of hydrogen-bond donors (Lipinski definition) is 2. The molecule has 122 valence electrons. The number of hydrogen-bond acceptors (Lipinski definition) is 3. The van der Waals surface area contributed by atoms with Crippen molar-refractivity contribution < 1.29 is 9.59 Å². The normalized spacial score (nSPS) is 10.5. The summed E-state index contributed by atoms with van der Waals surface area (Å²) in [5, 5.41) is 6.29. The molecule has 1 aromatic carbocycles. The number of halogens is 1. The van der Waals surface area contributed by atoms with E-state index in [0.717, 1.165) is 22.1 Å². The summed E-state index contributed by atoms with van der Waals surface area (Å²) in [6.07, 6.45) is 1.32. The van der Waals surface area contributed by atoms with Crippen LogP contribution >= 0.6 is 23.4 Å². The van der Waals surface area contributed by atoms with Crippen LogP contribution in [-0.2, 0) is 9.59 Å². The van der Waals surface area contributed by atoms with Gasteiger partial charge in [-0.3, -0.25) is 9.59 Å². The summed E-state index contributed by atoms with van der Waals surface area (Å²) in [5.41, 5.74) is 0. The van der Waals surface area contributed by atoms with Crippen molar-refractivity contribution in [2.75, 3.05) is 18.8 Å². The zero-order valence-corrected chi connectivity index (χ0v) is 14.6. The average Bonchev–Trinajstić information content (AvgIpc) is 2.49. The molecule has 22 heavy (non-hydrogen) atoms. The molecule has 0 fully saturated rings. The lowest BCUT2D eigenvalue weighted by molar-refractivity contribution is -0.124. The van der Waals surface area contributed by atoms with Gasteiger partial charge in [0.15, 0.2) is 0 Å². The van der Waals surface area contributed by atoms with Gasteiger partial charge < -0.3 is 10.6 Å². The van der Waals surface area contributed by atoms with Crippen LogP contribution in [0.25, 0.3) is 0 Å². The molecule has 0 aromatic heterocycles. The zero-order valence-electron chi connectivity index (χ0n) is 13.0. The van der Waals surface area contributed by atoms with Crippen LogP contribution in [0.4, 0.5) is 0 Å². The monoisotopic (exact) mass is 342 g/mol. The SMILES string of the molecule is CC(C)C(=O)NCCNC(=O)CCCSc1ccc(Cl)cc1. The van der Waals surface area contributed by atoms with Crippen LogP contribution in [0.15, 0.2) is 29.2 Å². The first-order valence-electron chi connectivity index (χ1n) is 7.42. The van der Waals surface area contributed by atoms with Crippen molar-refractivity contribution in [3.05, 3.63) is 29.3 Å². The van der Waals surface area contributed by atoms with E-state index < -0.39 is 0 Å². The molecule has 1 aromatic rings. The number of benzene rings is 1. The van der Waals surface area contributed by atoms with Crippen LogP contribution in [0.2, 0.25) is 5.02 Å². The van der Waals surface area contributed by atoms with Gasteiger partial charge in [0.05, 0.1) is 0 Å². The van der Waals surface area contributed by atoms with Crippen molar-refractivity contribution in [3.8, 4) is 0 Å². The Balaban J connectivity index is 2.04. The van der Waals surface area contributed by atoms with Gasteiger partial charge in [0, 0.05) is 35.3 Å². The third-order valence-electron chi connectivity index (χ3n) is 2.90. The van der Waals surface area contributed by atoms with E-state index in [9.17, 15) is 9.59 Å². The molecule has 0 aliphatic carbocycles. The molecule has 1 rings (SSSR count). The second kappa shape index (κ2) is 10.5. The highest BCUT2D eigenvalue weighted by Crippen LogP contribution is 2.21. The van der Waals surface area contributed by atoms with Crippen molar-refractivity contribution in [1.29, 1.82) is 0 Å². The number of rotatable bonds is 9. The number of carbonyl (C=O) groups excluding carboxylic acids is 2. The third kappa shape index (κ3) is 8.29. The van der Waals surface area contributed by atoms with E-state index in [1.165, 1.54) is 0 Å². The Morgan fingerprint density at radius 3 is 2.41 bits per heavy atom. The highest BCUT2D eigenvalue weighted by molar-refractivity contribution is 7.99. The minimum Gasteiger partial charge on any atom is -0.354 e. The second-order valence-corrected chi connectivity index (χ2v) is 6.81. The fraction of sp³-hybridized carbons (Fsp3) is 0.500. The van der Waals surface area contributed by atoms with E-state index in [1.54, 1.807) is 11.8 Å². The molecule has 2 amide bonds. The van der Waals surface area contributed by atoms with Crippen LogP contribution < -0.4 is 10.6 Å². The molecular weight excluding hydrogens is 320 g/mol. The predicted octanol–water partition coefficient (Wildman–Crippen LogP) is 3.10. The maximum Gasteiger partial charge on any atom is 0.222 e. The maximum absolute atomic E-state index is 11.6. The van der Waals surface area contributed by atoms with Gasteiger partial charge in [-0.1, -0.05) is 25.4 Å². The van der Waals surface area contributed by atoms with Crippen molar-refractivity contribution in [3.63, 3.8) is 0 Å². The molecule has 0 saturated carbocycles. The summed E-state index contributed by atoms with van der Waals surface area (Å²) < 4.78 is 0. The highest BCUT2D eigenvalue weighted by Gasteiger charge is 2.05. The Morgan fingerprint density at radius 2 is 1.77 bits per heavy atom. The van der Waals surface area contributed by atoms with Crippen molar-refractivity contribution in [2.45, 2.75) is 31.6 Å². The first-order chi connectivity index (χ1) is 10.5. The second-order valence-electron chi connectivity index (χ2n) is 5.20. The van der Waals surface area contributed by atoms with Crippen LogP contribution in [0.3, 0.4) is 0 Å². The van der Waals surface area contributed by atoms with Crippen LogP contribution in [0.5, 0.6) is 0 Å². The Labute approximate surface area is 141 Å². The lowest BCUT2D eigenvalue weighted by Crippen LogP contribution is -2.36. The summed E-state index contributed by atoms with van der Waals surface area (Å²) >= 11 is 7.53. The molecule has 0 saturated heterocycles. The molecule has 0 aliphatic rings. The maximum atomic E-state index is 11.6. The molecule has 0 radical (unpaired) electrons. The highest BCUT2D eigenvalue weighted by atomic mass is 35.5. The largest absolute Gasteiger partial charge is 0.354 e. The summed E-state index contributed by atoms with van der Waals surface area (Å²) in [6.45, 7) is 4.63. The fourth-order valence-corrected chi connectivity index (χ4v) is 2.61. The Hall–Kier alpha value is -1.20. The zero-order chi connectivity index (χ0) is 16.4. The van der Waals surface area contributed by atoms with E-state index >= 15 is 0 Å². The van der Waals surface area contributed by atoms with E-state index in [-0.39, 0.29) is 17.7 Å². The molecule has 0 atom stereocenters. The van der Waals surface area contributed by atoms with E-state index in [2.05, 4.69) is 10.6 Å². The third-order valence-corrected chi connectivity index (χ3v) is 4.25. The standard InChI is InChI=1S/C16H23ClN2O2S/c1-12(2)16(21)19-10-9-18-15(20)4-3-11-22-14-7-5-13(17)6-8-14/h5-8,12H,3-4,9-11H2,1-2H3,(H,18,20)(H,19,21). The smallest absolute Gasteiger partial charge is 0.222 e. The Bertz CT molecular complexity index is 478. The van der Waals surface area contributed by atoms with E-state index in [0.29, 0.717) is 19.5 Å². The molecule has 2 N–H and O–H groups in total. The number of carbonyl (C=O) groups is 2. The molecular formula is C16H23ClN2O2S. The summed E-state index contributed by atoms with van der Waals surface area (Å²) in [7, 11) is 0. The van der Waals surface area contributed by atoms with E-state index in [4.69, 9.17) is 11.6 Å². The van der Waals surface area contributed by atoms with Gasteiger partial charge in [-0.05, 0) is 36.4 Å². The van der Waals surface area contributed by atoms with Gasteiger partial charge in [-0.15, -0.1) is 11.8 Å². The van der Waals surface area contributed by atoms with Crippen molar-refractivity contribution in [2.24, 2.45) is 5.92 Å². The van der Waals surface area contributed by atoms with Crippen LogP contribution in [-0.4, -0.2) is 30.7 Å². The number of amides is 2. The van der Waals surface area contributed by atoms with Crippen LogP contribution in [0.1, 0.15) is 26.7 Å². The summed E-state index contributed by atoms with van der Waals surface area (Å²) in [4.78, 5) is 24.1. The fourth-order valence-electron chi connectivity index (χ4n) is 1.63. The minimum atomic E-state index is -0.0272. The molecule has 0 heterocycles. The van der Waals surface area contributed by atoms with Gasteiger partial charge in [0.2, 0.25) is 11.8 Å². The minimum absolute atomic E-state index is 0.00798. The van der Waals surface area contributed by atoms with Gasteiger partial charge >= 0.3 is 0 Å². The lowest BCUT2D eigenvalue weighted by Gasteiger charge is -2.08. The molecule has 0 aliphatic heterocycles. The molecule has 0 bridgehead atoms. The van der Waals surface area contributed by atoms with E-state index in [1.807, 2.05) is 38.1 Å². The number of thioether (sulfide) groups is 1. The molecule has 6 heteroatoms. The Kier molecular flexibility index (Phi) is 9.01.